The lowest BCUT2D eigenvalue weighted by molar-refractivity contribution is -0.125. The second-order valence-electron chi connectivity index (χ2n) is 4.27. The number of hydrogen-bond acceptors (Lipinski definition) is 4. The van der Waals surface area contributed by atoms with E-state index in [0.29, 0.717) is 13.1 Å². The minimum Gasteiger partial charge on any atom is -0.323 e. The average Bonchev–Trinajstić information content (AvgIpc) is 2.68. The number of thiazole rings is 1. The maximum atomic E-state index is 11.6. The van der Waals surface area contributed by atoms with Crippen LogP contribution in [0.25, 0.3) is 0 Å². The largest absolute Gasteiger partial charge is 0.324 e. The third kappa shape index (κ3) is 2.82. The van der Waals surface area contributed by atoms with E-state index >= 15 is 0 Å². The Kier molecular flexibility index (Phi) is 3.42. The molecule has 6 heteroatoms. The lowest BCUT2D eigenvalue weighted by atomic mass is 10.1. The lowest BCUT2D eigenvalue weighted by Gasteiger charge is -2.30. The number of amides is 3. The Bertz CT molecular complexity index is 444. The smallest absolute Gasteiger partial charge is 0.323 e. The molecular formula is C11H15N3O2S. The van der Waals surface area contributed by atoms with Crippen LogP contribution in [0.3, 0.4) is 0 Å². The highest BCUT2D eigenvalue weighted by molar-refractivity contribution is 7.09. The van der Waals surface area contributed by atoms with Crippen LogP contribution in [0.5, 0.6) is 0 Å². The number of aryl methyl sites for hydroxylation is 1. The summed E-state index contributed by atoms with van der Waals surface area (Å²) in [4.78, 5) is 28.8. The molecule has 0 bridgehead atoms. The van der Waals surface area contributed by atoms with E-state index in [-0.39, 0.29) is 17.9 Å². The summed E-state index contributed by atoms with van der Waals surface area (Å²) in [6.07, 6.45) is 0.743. The molecule has 2 rings (SSSR count). The van der Waals surface area contributed by atoms with E-state index in [1.165, 1.54) is 0 Å². The number of rotatable bonds is 3. The van der Waals surface area contributed by atoms with Gasteiger partial charge in [0.05, 0.1) is 10.9 Å². The third-order valence-corrected chi connectivity index (χ3v) is 3.75. The molecule has 0 radical (unpaired) electrons. The van der Waals surface area contributed by atoms with E-state index in [1.807, 2.05) is 19.2 Å². The van der Waals surface area contributed by atoms with Crippen LogP contribution in [-0.2, 0) is 11.2 Å². The number of hydrogen-bond donors (Lipinski definition) is 1. The third-order valence-electron chi connectivity index (χ3n) is 2.72. The van der Waals surface area contributed by atoms with Crippen molar-refractivity contribution in [1.82, 2.24) is 15.2 Å². The number of carbonyl (C=O) groups is 2. The maximum Gasteiger partial charge on any atom is 0.324 e. The van der Waals surface area contributed by atoms with Crippen molar-refractivity contribution >= 4 is 23.3 Å². The Labute approximate surface area is 104 Å². The number of nitrogens with zero attached hydrogens (tertiary/aromatic N) is 2. The van der Waals surface area contributed by atoms with E-state index in [4.69, 9.17) is 0 Å². The van der Waals surface area contributed by atoms with Crippen molar-refractivity contribution in [3.63, 3.8) is 0 Å². The van der Waals surface area contributed by atoms with Crippen LogP contribution in [0, 0.1) is 12.8 Å². The molecule has 3 amide bonds. The van der Waals surface area contributed by atoms with Crippen LogP contribution < -0.4 is 5.32 Å². The Hall–Kier alpha value is -1.43. The molecular weight excluding hydrogens is 238 g/mol. The Morgan fingerprint density at radius 1 is 1.59 bits per heavy atom. The summed E-state index contributed by atoms with van der Waals surface area (Å²) in [6.45, 7) is 4.88. The molecule has 1 aromatic rings. The standard InChI is InChI=1S/C11H15N3O2S/c1-7-5-14(11(16)13-10(7)15)4-3-9-12-8(2)6-17-9/h6-7H,3-5H2,1-2H3,(H,13,15,16). The Morgan fingerprint density at radius 3 is 3.00 bits per heavy atom. The van der Waals surface area contributed by atoms with Crippen LogP contribution >= 0.6 is 11.3 Å². The normalized spacial score (nSPS) is 20.6. The first-order valence-electron chi connectivity index (χ1n) is 5.57. The summed E-state index contributed by atoms with van der Waals surface area (Å²) in [5, 5.41) is 5.38. The molecule has 2 heterocycles. The topological polar surface area (TPSA) is 62.3 Å². The van der Waals surface area contributed by atoms with Gasteiger partial charge in [0, 0.05) is 30.6 Å². The second-order valence-corrected chi connectivity index (χ2v) is 5.22. The molecule has 1 saturated heterocycles. The zero-order valence-electron chi connectivity index (χ0n) is 9.90. The molecule has 0 aromatic carbocycles. The molecule has 1 unspecified atom stereocenters. The molecule has 1 atom stereocenters. The van der Waals surface area contributed by atoms with Crippen molar-refractivity contribution in [2.45, 2.75) is 20.3 Å². The first kappa shape index (κ1) is 12.0. The molecule has 1 N–H and O–H groups in total. The zero-order chi connectivity index (χ0) is 12.4. The van der Waals surface area contributed by atoms with Gasteiger partial charge in [0.25, 0.3) is 0 Å². The van der Waals surface area contributed by atoms with Crippen molar-refractivity contribution in [2.24, 2.45) is 5.92 Å². The SMILES string of the molecule is Cc1csc(CCN2CC(C)C(=O)NC2=O)n1. The molecule has 1 aromatic heterocycles. The molecule has 17 heavy (non-hydrogen) atoms. The van der Waals surface area contributed by atoms with Gasteiger partial charge < -0.3 is 4.90 Å². The number of imide groups is 1. The highest BCUT2D eigenvalue weighted by Crippen LogP contribution is 2.12. The summed E-state index contributed by atoms with van der Waals surface area (Å²) in [7, 11) is 0. The fourth-order valence-corrected chi connectivity index (χ4v) is 2.51. The molecule has 1 fully saturated rings. The predicted octanol–water partition coefficient (Wildman–Crippen LogP) is 1.18. The van der Waals surface area contributed by atoms with Crippen LogP contribution in [0.4, 0.5) is 4.79 Å². The maximum absolute atomic E-state index is 11.6. The van der Waals surface area contributed by atoms with Crippen molar-refractivity contribution in [1.29, 1.82) is 0 Å². The lowest BCUT2D eigenvalue weighted by Crippen LogP contribution is -2.54. The summed E-state index contributed by atoms with van der Waals surface area (Å²) >= 11 is 1.60. The van der Waals surface area contributed by atoms with Gasteiger partial charge in [-0.05, 0) is 6.92 Å². The number of aromatic nitrogens is 1. The molecule has 0 spiro atoms. The number of urea groups is 1. The molecule has 1 aliphatic heterocycles. The quantitative estimate of drug-likeness (QED) is 0.880. The van der Waals surface area contributed by atoms with Gasteiger partial charge in [0.1, 0.15) is 0 Å². The predicted molar refractivity (Wildman–Crippen MR) is 64.8 cm³/mol. The van der Waals surface area contributed by atoms with Crippen molar-refractivity contribution in [3.05, 3.63) is 16.1 Å². The van der Waals surface area contributed by atoms with E-state index in [1.54, 1.807) is 16.2 Å². The van der Waals surface area contributed by atoms with Gasteiger partial charge in [0.15, 0.2) is 0 Å². The first-order chi connectivity index (χ1) is 8.06. The minimum absolute atomic E-state index is 0.134. The van der Waals surface area contributed by atoms with Crippen molar-refractivity contribution in [2.75, 3.05) is 13.1 Å². The number of nitrogens with one attached hydrogen (secondary N) is 1. The fraction of sp³-hybridized carbons (Fsp3) is 0.545. The molecule has 0 aliphatic carbocycles. The molecule has 5 nitrogen and oxygen atoms in total. The summed E-state index contributed by atoms with van der Waals surface area (Å²) < 4.78 is 0. The molecule has 92 valence electrons. The number of carbonyl (C=O) groups excluding carboxylic acids is 2. The summed E-state index contributed by atoms with van der Waals surface area (Å²) in [5.74, 6) is -0.318. The van der Waals surface area contributed by atoms with E-state index < -0.39 is 0 Å². The van der Waals surface area contributed by atoms with Gasteiger partial charge in [0.2, 0.25) is 5.91 Å². The minimum atomic E-state index is -0.290. The van der Waals surface area contributed by atoms with Crippen LogP contribution in [0.2, 0.25) is 0 Å². The second kappa shape index (κ2) is 4.83. The molecule has 1 aliphatic rings. The highest BCUT2D eigenvalue weighted by Gasteiger charge is 2.28. The average molecular weight is 253 g/mol. The fourth-order valence-electron chi connectivity index (χ4n) is 1.75. The van der Waals surface area contributed by atoms with Crippen molar-refractivity contribution < 1.29 is 9.59 Å². The van der Waals surface area contributed by atoms with Gasteiger partial charge >= 0.3 is 6.03 Å². The first-order valence-corrected chi connectivity index (χ1v) is 6.45. The van der Waals surface area contributed by atoms with E-state index in [0.717, 1.165) is 17.1 Å². The van der Waals surface area contributed by atoms with Crippen LogP contribution in [0.15, 0.2) is 5.38 Å². The highest BCUT2D eigenvalue weighted by atomic mass is 32.1. The zero-order valence-corrected chi connectivity index (χ0v) is 10.7. The van der Waals surface area contributed by atoms with E-state index in [9.17, 15) is 9.59 Å². The monoisotopic (exact) mass is 253 g/mol. The van der Waals surface area contributed by atoms with Gasteiger partial charge in [-0.15, -0.1) is 11.3 Å². The van der Waals surface area contributed by atoms with Crippen LogP contribution in [0.1, 0.15) is 17.6 Å². The summed E-state index contributed by atoms with van der Waals surface area (Å²) in [6, 6.07) is -0.290. The molecule has 0 saturated carbocycles. The van der Waals surface area contributed by atoms with Crippen LogP contribution in [-0.4, -0.2) is 34.9 Å². The van der Waals surface area contributed by atoms with Gasteiger partial charge in [-0.2, -0.15) is 0 Å². The van der Waals surface area contributed by atoms with Crippen molar-refractivity contribution in [3.8, 4) is 0 Å². The van der Waals surface area contributed by atoms with Gasteiger partial charge in [-0.25, -0.2) is 9.78 Å². The van der Waals surface area contributed by atoms with Gasteiger partial charge in [-0.3, -0.25) is 10.1 Å². The Balaban J connectivity index is 1.90. The summed E-state index contributed by atoms with van der Waals surface area (Å²) in [5.41, 5.74) is 1.01. The van der Waals surface area contributed by atoms with Gasteiger partial charge in [-0.1, -0.05) is 6.92 Å². The van der Waals surface area contributed by atoms with E-state index in [2.05, 4.69) is 10.3 Å². The Morgan fingerprint density at radius 2 is 2.35 bits per heavy atom.